The zero-order valence-corrected chi connectivity index (χ0v) is 13.0. The van der Waals surface area contributed by atoms with Gasteiger partial charge in [-0.3, -0.25) is 9.88 Å². The molecule has 5 heteroatoms. The van der Waals surface area contributed by atoms with E-state index in [4.69, 9.17) is 4.74 Å². The van der Waals surface area contributed by atoms with Crippen molar-refractivity contribution >= 4 is 16.6 Å². The van der Waals surface area contributed by atoms with Crippen molar-refractivity contribution in [2.75, 3.05) is 44.7 Å². The molecule has 0 saturated carbocycles. The maximum Gasteiger partial charge on any atom is 0.0839 e. The summed E-state index contributed by atoms with van der Waals surface area (Å²) < 4.78 is 5.32. The van der Waals surface area contributed by atoms with Gasteiger partial charge in [0.25, 0.3) is 0 Å². The van der Waals surface area contributed by atoms with E-state index in [0.29, 0.717) is 13.1 Å². The molecule has 22 heavy (non-hydrogen) atoms. The van der Waals surface area contributed by atoms with Crippen molar-refractivity contribution in [3.8, 4) is 0 Å². The average Bonchev–Trinajstić information content (AvgIpc) is 2.54. The molecule has 0 spiro atoms. The smallest absolute Gasteiger partial charge is 0.0839 e. The van der Waals surface area contributed by atoms with Crippen molar-refractivity contribution in [3.63, 3.8) is 0 Å². The zero-order chi connectivity index (χ0) is 15.4. The number of pyridine rings is 1. The quantitative estimate of drug-likeness (QED) is 0.879. The number of fused-ring (bicyclic) bond motifs is 1. The van der Waals surface area contributed by atoms with Crippen LogP contribution in [0, 0.1) is 6.92 Å². The molecule has 1 aromatic heterocycles. The molecule has 0 aliphatic carbocycles. The summed E-state index contributed by atoms with van der Waals surface area (Å²) in [5.41, 5.74) is 3.19. The van der Waals surface area contributed by atoms with Crippen molar-refractivity contribution in [2.24, 2.45) is 0 Å². The fourth-order valence-corrected chi connectivity index (χ4v) is 2.85. The topological polar surface area (TPSA) is 57.6 Å². The maximum absolute atomic E-state index is 10.2. The Kier molecular flexibility index (Phi) is 4.87. The second-order valence-corrected chi connectivity index (χ2v) is 5.78. The first-order valence-corrected chi connectivity index (χ1v) is 7.80. The fraction of sp³-hybridized carbons (Fsp3) is 0.471. The molecular weight excluding hydrogens is 278 g/mol. The van der Waals surface area contributed by atoms with E-state index >= 15 is 0 Å². The average molecular weight is 301 g/mol. The number of aromatic nitrogens is 1. The van der Waals surface area contributed by atoms with E-state index in [9.17, 15) is 5.11 Å². The van der Waals surface area contributed by atoms with Gasteiger partial charge in [0.15, 0.2) is 0 Å². The van der Waals surface area contributed by atoms with Crippen molar-refractivity contribution in [3.05, 3.63) is 36.0 Å². The monoisotopic (exact) mass is 301 g/mol. The Hall–Kier alpha value is -1.69. The van der Waals surface area contributed by atoms with Gasteiger partial charge in [-0.15, -0.1) is 0 Å². The molecular formula is C17H23N3O2. The summed E-state index contributed by atoms with van der Waals surface area (Å²) in [6.45, 7) is 6.58. The van der Waals surface area contributed by atoms with Gasteiger partial charge in [-0.05, 0) is 18.6 Å². The Bertz CT molecular complexity index is 626. The number of rotatable bonds is 5. The van der Waals surface area contributed by atoms with Crippen molar-refractivity contribution < 1.29 is 9.84 Å². The van der Waals surface area contributed by atoms with E-state index in [1.54, 1.807) is 0 Å². The highest BCUT2D eigenvalue weighted by Gasteiger charge is 2.15. The number of benzene rings is 1. The number of anilines is 1. The summed E-state index contributed by atoms with van der Waals surface area (Å²) in [5.74, 6) is 0. The predicted octanol–water partition coefficient (Wildman–Crippen LogP) is 1.65. The standard InChI is InChI=1S/C17H23N3O2/c1-13-3-2-4-15-16(5-6-18-17(13)15)19-11-14(21)12-20-7-9-22-10-8-20/h2-6,14,21H,7-12H2,1H3,(H,18,19). The molecule has 3 rings (SSSR count). The number of nitrogens with one attached hydrogen (secondary N) is 1. The van der Waals surface area contributed by atoms with Gasteiger partial charge in [0.1, 0.15) is 0 Å². The van der Waals surface area contributed by atoms with Gasteiger partial charge in [0.05, 0.1) is 24.8 Å². The first kappa shape index (κ1) is 15.2. The van der Waals surface area contributed by atoms with Crippen LogP contribution < -0.4 is 5.32 Å². The molecule has 2 heterocycles. The van der Waals surface area contributed by atoms with E-state index in [1.807, 2.05) is 18.3 Å². The third-order valence-corrected chi connectivity index (χ3v) is 4.07. The largest absolute Gasteiger partial charge is 0.390 e. The number of nitrogens with zero attached hydrogens (tertiary/aromatic N) is 2. The van der Waals surface area contributed by atoms with Gasteiger partial charge in [0.2, 0.25) is 0 Å². The second kappa shape index (κ2) is 7.05. The van der Waals surface area contributed by atoms with Crippen LogP contribution in [0.5, 0.6) is 0 Å². The van der Waals surface area contributed by atoms with Crippen molar-refractivity contribution in [2.45, 2.75) is 13.0 Å². The maximum atomic E-state index is 10.2. The Balaban J connectivity index is 1.62. The van der Waals surface area contributed by atoms with Crippen LogP contribution in [-0.4, -0.2) is 60.5 Å². The van der Waals surface area contributed by atoms with E-state index in [2.05, 4.69) is 34.3 Å². The van der Waals surface area contributed by atoms with Crippen molar-refractivity contribution in [1.82, 2.24) is 9.88 Å². The lowest BCUT2D eigenvalue weighted by Gasteiger charge is -2.28. The molecule has 0 amide bonds. The Morgan fingerprint density at radius 3 is 2.95 bits per heavy atom. The first-order chi connectivity index (χ1) is 10.7. The van der Waals surface area contributed by atoms with Crippen LogP contribution in [0.3, 0.4) is 0 Å². The summed E-state index contributed by atoms with van der Waals surface area (Å²) in [6.07, 6.45) is 1.41. The summed E-state index contributed by atoms with van der Waals surface area (Å²) in [6, 6.07) is 8.12. The van der Waals surface area contributed by atoms with Crippen LogP contribution in [0.4, 0.5) is 5.69 Å². The number of para-hydroxylation sites is 1. The summed E-state index contributed by atoms with van der Waals surface area (Å²) in [4.78, 5) is 6.68. The number of hydrogen-bond acceptors (Lipinski definition) is 5. The minimum absolute atomic E-state index is 0.397. The number of morpholine rings is 1. The highest BCUT2D eigenvalue weighted by molar-refractivity contribution is 5.92. The van der Waals surface area contributed by atoms with Crippen molar-refractivity contribution in [1.29, 1.82) is 0 Å². The van der Waals surface area contributed by atoms with Crippen LogP contribution in [0.2, 0.25) is 0 Å². The SMILES string of the molecule is Cc1cccc2c(NCC(O)CN3CCOCC3)ccnc12. The molecule has 2 aromatic rings. The second-order valence-electron chi connectivity index (χ2n) is 5.78. The number of β-amino-alcohol motifs (C(OH)–C–C–N with tert-alkyl or cyclic N) is 1. The molecule has 1 aliphatic rings. The lowest BCUT2D eigenvalue weighted by Crippen LogP contribution is -2.42. The van der Waals surface area contributed by atoms with Gasteiger partial charge in [0, 0.05) is 43.4 Å². The van der Waals surface area contributed by atoms with E-state index in [-0.39, 0.29) is 0 Å². The molecule has 1 aromatic carbocycles. The Morgan fingerprint density at radius 1 is 1.32 bits per heavy atom. The zero-order valence-electron chi connectivity index (χ0n) is 13.0. The highest BCUT2D eigenvalue weighted by Crippen LogP contribution is 2.23. The van der Waals surface area contributed by atoms with Crippen LogP contribution in [0.15, 0.2) is 30.5 Å². The lowest BCUT2D eigenvalue weighted by molar-refractivity contribution is 0.0171. The van der Waals surface area contributed by atoms with Crippen LogP contribution in [0.25, 0.3) is 10.9 Å². The number of hydrogen-bond donors (Lipinski definition) is 2. The van der Waals surface area contributed by atoms with Gasteiger partial charge in [-0.25, -0.2) is 0 Å². The third kappa shape index (κ3) is 3.55. The molecule has 2 N–H and O–H groups in total. The summed E-state index contributed by atoms with van der Waals surface area (Å²) in [7, 11) is 0. The third-order valence-electron chi connectivity index (χ3n) is 4.07. The van der Waals surface area contributed by atoms with E-state index in [0.717, 1.165) is 48.5 Å². The van der Waals surface area contributed by atoms with Crippen LogP contribution >= 0.6 is 0 Å². The lowest BCUT2D eigenvalue weighted by atomic mass is 10.1. The molecule has 1 fully saturated rings. The number of aryl methyl sites for hydroxylation is 1. The Labute approximate surface area is 130 Å². The van der Waals surface area contributed by atoms with Crippen LogP contribution in [-0.2, 0) is 4.74 Å². The highest BCUT2D eigenvalue weighted by atomic mass is 16.5. The first-order valence-electron chi connectivity index (χ1n) is 7.80. The van der Waals surface area contributed by atoms with Gasteiger partial charge in [-0.2, -0.15) is 0 Å². The molecule has 5 nitrogen and oxygen atoms in total. The summed E-state index contributed by atoms with van der Waals surface area (Å²) in [5, 5.41) is 14.7. The molecule has 0 radical (unpaired) electrons. The molecule has 1 aliphatic heterocycles. The fourth-order valence-electron chi connectivity index (χ4n) is 2.85. The minimum Gasteiger partial charge on any atom is -0.390 e. The number of aliphatic hydroxyl groups excluding tert-OH is 1. The van der Waals surface area contributed by atoms with E-state index in [1.165, 1.54) is 0 Å². The van der Waals surface area contributed by atoms with Gasteiger partial charge in [-0.1, -0.05) is 18.2 Å². The minimum atomic E-state index is -0.397. The molecule has 1 saturated heterocycles. The normalized spacial score (nSPS) is 17.5. The molecule has 1 unspecified atom stereocenters. The molecule has 0 bridgehead atoms. The predicted molar refractivity (Wildman–Crippen MR) is 88.2 cm³/mol. The molecule has 1 atom stereocenters. The van der Waals surface area contributed by atoms with Gasteiger partial charge >= 0.3 is 0 Å². The van der Waals surface area contributed by atoms with Crippen LogP contribution in [0.1, 0.15) is 5.56 Å². The van der Waals surface area contributed by atoms with E-state index < -0.39 is 6.10 Å². The number of ether oxygens (including phenoxy) is 1. The van der Waals surface area contributed by atoms with Gasteiger partial charge < -0.3 is 15.2 Å². The number of aliphatic hydroxyl groups is 1. The molecule has 118 valence electrons. The summed E-state index contributed by atoms with van der Waals surface area (Å²) >= 11 is 0. The Morgan fingerprint density at radius 2 is 2.14 bits per heavy atom.